The molecule has 1 N–H and O–H groups in total. The van der Waals surface area contributed by atoms with Gasteiger partial charge in [0.1, 0.15) is 0 Å². The van der Waals surface area contributed by atoms with Crippen molar-refractivity contribution < 1.29 is 4.79 Å². The third-order valence-electron chi connectivity index (χ3n) is 2.45. The Kier molecular flexibility index (Phi) is 7.53. The number of benzene rings is 1. The summed E-state index contributed by atoms with van der Waals surface area (Å²) in [5, 5.41) is 2.95. The van der Waals surface area contributed by atoms with E-state index in [0.717, 1.165) is 25.3 Å². The maximum Gasteiger partial charge on any atom is 0.220 e. The fourth-order valence-corrected chi connectivity index (χ4v) is 2.36. The van der Waals surface area contributed by atoms with Crippen LogP contribution >= 0.6 is 11.8 Å². The van der Waals surface area contributed by atoms with Crippen LogP contribution in [0.1, 0.15) is 12.8 Å². The van der Waals surface area contributed by atoms with Crippen molar-refractivity contribution in [1.82, 2.24) is 10.2 Å². The molecular weight excluding hydrogens is 244 g/mol. The summed E-state index contributed by atoms with van der Waals surface area (Å²) in [4.78, 5) is 14.9. The molecule has 0 aliphatic heterocycles. The second kappa shape index (κ2) is 9.00. The highest BCUT2D eigenvalue weighted by molar-refractivity contribution is 7.99. The van der Waals surface area contributed by atoms with Crippen LogP contribution in [0.5, 0.6) is 0 Å². The van der Waals surface area contributed by atoms with Gasteiger partial charge < -0.3 is 10.2 Å². The Labute approximate surface area is 114 Å². The molecule has 100 valence electrons. The van der Waals surface area contributed by atoms with Crippen molar-refractivity contribution in [3.63, 3.8) is 0 Å². The average molecular weight is 266 g/mol. The number of thioether (sulfide) groups is 1. The van der Waals surface area contributed by atoms with Gasteiger partial charge in [0, 0.05) is 23.6 Å². The van der Waals surface area contributed by atoms with E-state index in [-0.39, 0.29) is 5.91 Å². The summed E-state index contributed by atoms with van der Waals surface area (Å²) in [6.07, 6.45) is 1.59. The standard InChI is InChI=1S/C14H22N2OS/c1-16(2)11-6-10-15-14(17)9-12-18-13-7-4-3-5-8-13/h3-5,7-8H,6,9-12H2,1-2H3,(H,15,17). The van der Waals surface area contributed by atoms with Crippen molar-refractivity contribution >= 4 is 17.7 Å². The number of hydrogen-bond acceptors (Lipinski definition) is 3. The van der Waals surface area contributed by atoms with Crippen LogP contribution < -0.4 is 5.32 Å². The molecule has 18 heavy (non-hydrogen) atoms. The molecule has 0 radical (unpaired) electrons. The Hall–Kier alpha value is -1.00. The minimum Gasteiger partial charge on any atom is -0.356 e. The van der Waals surface area contributed by atoms with Gasteiger partial charge in [0.15, 0.2) is 0 Å². The smallest absolute Gasteiger partial charge is 0.220 e. The molecule has 1 aromatic rings. The summed E-state index contributed by atoms with van der Waals surface area (Å²) in [7, 11) is 4.08. The molecule has 0 aromatic heterocycles. The van der Waals surface area contributed by atoms with Gasteiger partial charge in [0.05, 0.1) is 0 Å². The largest absolute Gasteiger partial charge is 0.356 e. The first-order valence-corrected chi connectivity index (χ1v) is 7.26. The third kappa shape index (κ3) is 7.35. The topological polar surface area (TPSA) is 32.3 Å². The lowest BCUT2D eigenvalue weighted by atomic mass is 10.4. The lowest BCUT2D eigenvalue weighted by Crippen LogP contribution is -2.27. The molecule has 0 aliphatic carbocycles. The summed E-state index contributed by atoms with van der Waals surface area (Å²) in [5.41, 5.74) is 0. The molecule has 0 fully saturated rings. The minimum absolute atomic E-state index is 0.150. The van der Waals surface area contributed by atoms with Gasteiger partial charge in [-0.05, 0) is 39.2 Å². The number of hydrogen-bond donors (Lipinski definition) is 1. The van der Waals surface area contributed by atoms with E-state index in [4.69, 9.17) is 0 Å². The number of rotatable bonds is 8. The van der Waals surface area contributed by atoms with E-state index in [1.165, 1.54) is 4.90 Å². The highest BCUT2D eigenvalue weighted by Gasteiger charge is 2.01. The van der Waals surface area contributed by atoms with E-state index in [2.05, 4.69) is 22.3 Å². The molecular formula is C14H22N2OS. The molecule has 0 aliphatic rings. The van der Waals surface area contributed by atoms with Gasteiger partial charge in [-0.3, -0.25) is 4.79 Å². The maximum atomic E-state index is 11.5. The van der Waals surface area contributed by atoms with E-state index in [1.807, 2.05) is 32.3 Å². The Morgan fingerprint density at radius 1 is 1.28 bits per heavy atom. The number of amides is 1. The van der Waals surface area contributed by atoms with Gasteiger partial charge in [0.2, 0.25) is 5.91 Å². The summed E-state index contributed by atoms with van der Waals surface area (Å²) >= 11 is 1.72. The number of nitrogens with one attached hydrogen (secondary N) is 1. The molecule has 1 rings (SSSR count). The van der Waals surface area contributed by atoms with Crippen LogP contribution in [-0.4, -0.2) is 43.7 Å². The molecule has 4 heteroatoms. The zero-order valence-corrected chi connectivity index (χ0v) is 12.0. The van der Waals surface area contributed by atoms with Gasteiger partial charge >= 0.3 is 0 Å². The van der Waals surface area contributed by atoms with Gasteiger partial charge in [0.25, 0.3) is 0 Å². The lowest BCUT2D eigenvalue weighted by Gasteiger charge is -2.09. The first-order valence-electron chi connectivity index (χ1n) is 6.28. The van der Waals surface area contributed by atoms with Crippen LogP contribution in [0.4, 0.5) is 0 Å². The van der Waals surface area contributed by atoms with Crippen molar-refractivity contribution in [3.05, 3.63) is 30.3 Å². The quantitative estimate of drug-likeness (QED) is 0.578. The second-order valence-corrected chi connectivity index (χ2v) is 5.59. The van der Waals surface area contributed by atoms with Crippen LogP contribution in [0.3, 0.4) is 0 Å². The lowest BCUT2D eigenvalue weighted by molar-refractivity contribution is -0.120. The molecule has 0 heterocycles. The van der Waals surface area contributed by atoms with Gasteiger partial charge in [-0.2, -0.15) is 0 Å². The van der Waals surface area contributed by atoms with Crippen LogP contribution in [0, 0.1) is 0 Å². The molecule has 0 atom stereocenters. The number of carbonyl (C=O) groups excluding carboxylic acids is 1. The van der Waals surface area contributed by atoms with Crippen molar-refractivity contribution in [2.75, 3.05) is 32.9 Å². The molecule has 3 nitrogen and oxygen atoms in total. The van der Waals surface area contributed by atoms with E-state index in [9.17, 15) is 4.79 Å². The number of carbonyl (C=O) groups is 1. The molecule has 0 spiro atoms. The molecule has 1 amide bonds. The maximum absolute atomic E-state index is 11.5. The predicted octanol–water partition coefficient (Wildman–Crippen LogP) is 2.24. The molecule has 0 unspecified atom stereocenters. The van der Waals surface area contributed by atoms with Gasteiger partial charge in [-0.25, -0.2) is 0 Å². The average Bonchev–Trinajstić information content (AvgIpc) is 2.36. The van der Waals surface area contributed by atoms with Crippen LogP contribution in [0.2, 0.25) is 0 Å². The summed E-state index contributed by atoms with van der Waals surface area (Å²) in [6.45, 7) is 1.78. The second-order valence-electron chi connectivity index (χ2n) is 4.42. The van der Waals surface area contributed by atoms with E-state index >= 15 is 0 Å². The van der Waals surface area contributed by atoms with Crippen molar-refractivity contribution in [3.8, 4) is 0 Å². The van der Waals surface area contributed by atoms with E-state index in [1.54, 1.807) is 11.8 Å². The van der Waals surface area contributed by atoms with Crippen molar-refractivity contribution in [1.29, 1.82) is 0 Å². The fraction of sp³-hybridized carbons (Fsp3) is 0.500. The zero-order chi connectivity index (χ0) is 13.2. The Morgan fingerprint density at radius 3 is 2.67 bits per heavy atom. The van der Waals surface area contributed by atoms with Crippen LogP contribution in [0.25, 0.3) is 0 Å². The Balaban J connectivity index is 2.03. The normalized spacial score (nSPS) is 10.6. The first kappa shape index (κ1) is 15.1. The zero-order valence-electron chi connectivity index (χ0n) is 11.2. The Morgan fingerprint density at radius 2 is 2.00 bits per heavy atom. The summed E-state index contributed by atoms with van der Waals surface area (Å²) in [5.74, 6) is 0.987. The van der Waals surface area contributed by atoms with E-state index in [0.29, 0.717) is 6.42 Å². The highest BCUT2D eigenvalue weighted by atomic mass is 32.2. The van der Waals surface area contributed by atoms with Gasteiger partial charge in [-0.15, -0.1) is 11.8 Å². The predicted molar refractivity (Wildman–Crippen MR) is 78.0 cm³/mol. The van der Waals surface area contributed by atoms with E-state index < -0.39 is 0 Å². The molecule has 1 aromatic carbocycles. The molecule has 0 saturated heterocycles. The summed E-state index contributed by atoms with van der Waals surface area (Å²) in [6, 6.07) is 10.2. The minimum atomic E-state index is 0.150. The monoisotopic (exact) mass is 266 g/mol. The number of nitrogens with zero attached hydrogens (tertiary/aromatic N) is 1. The SMILES string of the molecule is CN(C)CCCNC(=O)CCSc1ccccc1. The fourth-order valence-electron chi connectivity index (χ4n) is 1.49. The highest BCUT2D eigenvalue weighted by Crippen LogP contribution is 2.17. The van der Waals surface area contributed by atoms with Crippen molar-refractivity contribution in [2.45, 2.75) is 17.7 Å². The van der Waals surface area contributed by atoms with Crippen LogP contribution in [-0.2, 0) is 4.79 Å². The van der Waals surface area contributed by atoms with Crippen molar-refractivity contribution in [2.24, 2.45) is 0 Å². The van der Waals surface area contributed by atoms with Crippen LogP contribution in [0.15, 0.2) is 35.2 Å². The molecule has 0 saturated carbocycles. The summed E-state index contributed by atoms with van der Waals surface area (Å²) < 4.78 is 0. The first-order chi connectivity index (χ1) is 8.68. The third-order valence-corrected chi connectivity index (χ3v) is 3.46. The molecule has 0 bridgehead atoms. The Bertz CT molecular complexity index is 341. The van der Waals surface area contributed by atoms with Gasteiger partial charge in [-0.1, -0.05) is 18.2 Å².